The molecule has 2 atom stereocenters. The number of sulfonamides is 1. The van der Waals surface area contributed by atoms with Gasteiger partial charge in [0, 0.05) is 47.7 Å². The summed E-state index contributed by atoms with van der Waals surface area (Å²) < 4.78 is 32.1. The van der Waals surface area contributed by atoms with Gasteiger partial charge in [-0.2, -0.15) is 0 Å². The molecule has 250 valence electrons. The largest absolute Gasteiger partial charge is 0.352 e. The van der Waals surface area contributed by atoms with Crippen molar-refractivity contribution in [2.75, 3.05) is 23.9 Å². The Labute approximate surface area is 291 Å². The van der Waals surface area contributed by atoms with Crippen molar-refractivity contribution < 1.29 is 18.0 Å². The molecular weight excluding hydrogens is 647 g/mol. The summed E-state index contributed by atoms with van der Waals surface area (Å²) in [6.07, 6.45) is -1.96. The van der Waals surface area contributed by atoms with Gasteiger partial charge in [-0.3, -0.25) is 9.59 Å². The van der Waals surface area contributed by atoms with E-state index in [4.69, 9.17) is 9.98 Å². The summed E-state index contributed by atoms with van der Waals surface area (Å²) in [5.41, 5.74) is 5.70. The fraction of sp³-hybridized carbons (Fsp3) is 0.150. The lowest BCUT2D eigenvalue weighted by Crippen LogP contribution is -2.61. The summed E-state index contributed by atoms with van der Waals surface area (Å²) in [6, 6.07) is 37.8. The SMILES string of the molecule is CC(=O)c1ccccc1N=C1c2ccccc2N(C)C1N(C1C(=Nc2ccccc2C(C)=O)c2ccccc2N1C)S(=O)(=O)c1ccccc1. The van der Waals surface area contributed by atoms with Crippen LogP contribution in [0.25, 0.3) is 0 Å². The van der Waals surface area contributed by atoms with E-state index >= 15 is 8.42 Å². The molecular formula is C40H35N5O4S. The van der Waals surface area contributed by atoms with Crippen LogP contribution < -0.4 is 9.80 Å². The maximum atomic E-state index is 15.3. The molecule has 5 aromatic rings. The van der Waals surface area contributed by atoms with Crippen molar-refractivity contribution in [1.82, 2.24) is 4.31 Å². The quantitative estimate of drug-likeness (QED) is 0.160. The van der Waals surface area contributed by atoms with Gasteiger partial charge in [0.1, 0.15) is 12.3 Å². The number of carbonyl (C=O) groups excluding carboxylic acids is 2. The van der Waals surface area contributed by atoms with E-state index in [9.17, 15) is 9.59 Å². The third kappa shape index (κ3) is 5.52. The third-order valence-corrected chi connectivity index (χ3v) is 11.0. The summed E-state index contributed by atoms with van der Waals surface area (Å²) in [4.78, 5) is 39.6. The van der Waals surface area contributed by atoms with Gasteiger partial charge in [-0.1, -0.05) is 78.9 Å². The first-order valence-electron chi connectivity index (χ1n) is 16.2. The molecule has 0 N–H and O–H groups in total. The molecule has 0 saturated heterocycles. The molecule has 0 radical (unpaired) electrons. The number of para-hydroxylation sites is 4. The first-order valence-corrected chi connectivity index (χ1v) is 17.6. The van der Waals surface area contributed by atoms with Crippen molar-refractivity contribution in [2.45, 2.75) is 31.1 Å². The Bertz CT molecular complexity index is 2190. The number of Topliss-reactive ketones (excluding diaryl/α,β-unsaturated/α-hetero) is 2. The Morgan fingerprint density at radius 2 is 0.940 bits per heavy atom. The maximum Gasteiger partial charge on any atom is 0.247 e. The van der Waals surface area contributed by atoms with Gasteiger partial charge in [-0.15, -0.1) is 4.31 Å². The van der Waals surface area contributed by atoms with Gasteiger partial charge >= 0.3 is 0 Å². The Balaban J connectivity index is 1.54. The van der Waals surface area contributed by atoms with Crippen molar-refractivity contribution in [2.24, 2.45) is 9.98 Å². The van der Waals surface area contributed by atoms with Crippen LogP contribution in [0.2, 0.25) is 0 Å². The van der Waals surface area contributed by atoms with Crippen LogP contribution in [0.15, 0.2) is 142 Å². The number of likely N-dealkylation sites (N-methyl/N-ethyl adjacent to an activating group) is 2. The molecule has 50 heavy (non-hydrogen) atoms. The van der Waals surface area contributed by atoms with Gasteiger partial charge in [-0.05, 0) is 62.4 Å². The molecule has 0 aliphatic carbocycles. The molecule has 0 saturated carbocycles. The lowest BCUT2D eigenvalue weighted by molar-refractivity contribution is 0.101. The second kappa shape index (κ2) is 13.0. The number of fused-ring (bicyclic) bond motifs is 2. The fourth-order valence-corrected chi connectivity index (χ4v) is 8.58. The van der Waals surface area contributed by atoms with Crippen LogP contribution in [0.1, 0.15) is 45.7 Å². The summed E-state index contributed by atoms with van der Waals surface area (Å²) in [5, 5.41) is 0. The van der Waals surface area contributed by atoms with E-state index in [0.717, 1.165) is 22.5 Å². The molecule has 5 aromatic carbocycles. The molecule has 9 nitrogen and oxygen atoms in total. The van der Waals surface area contributed by atoms with Crippen molar-refractivity contribution in [3.63, 3.8) is 0 Å². The molecule has 0 aromatic heterocycles. The monoisotopic (exact) mass is 681 g/mol. The Morgan fingerprint density at radius 1 is 0.560 bits per heavy atom. The first-order chi connectivity index (χ1) is 24.1. The highest BCUT2D eigenvalue weighted by atomic mass is 32.2. The minimum absolute atomic E-state index is 0.0979. The Kier molecular flexibility index (Phi) is 8.51. The molecule has 0 fully saturated rings. The number of carbonyl (C=O) groups is 2. The number of rotatable bonds is 8. The standard InChI is InChI=1S/C40H35N5O4S/c1-26(46)29-18-8-12-22-33(29)41-37-31-20-10-14-24-35(31)43(3)39(37)45(50(48,49)28-16-6-5-7-17-28)40-38(32-21-11-15-25-36(32)44(40)4)42-34-23-13-9-19-30(34)27(2)47/h5-25,39-40H,1-4H3. The van der Waals surface area contributed by atoms with Gasteiger partial charge in [0.15, 0.2) is 11.6 Å². The number of hydrogen-bond acceptors (Lipinski definition) is 8. The molecule has 2 heterocycles. The molecule has 0 bridgehead atoms. The molecule has 10 heteroatoms. The number of anilines is 2. The fourth-order valence-electron chi connectivity index (χ4n) is 6.83. The second-order valence-electron chi connectivity index (χ2n) is 12.3. The van der Waals surface area contributed by atoms with Gasteiger partial charge in [0.25, 0.3) is 0 Å². The number of ketones is 2. The predicted octanol–water partition coefficient (Wildman–Crippen LogP) is 7.28. The summed E-state index contributed by atoms with van der Waals surface area (Å²) in [5.74, 6) is -0.307. The number of aliphatic imine (C=N–C) groups is 2. The highest BCUT2D eigenvalue weighted by molar-refractivity contribution is 7.89. The topological polar surface area (TPSA) is 103 Å². The van der Waals surface area contributed by atoms with Crippen LogP contribution in [0, 0.1) is 0 Å². The van der Waals surface area contributed by atoms with Crippen molar-refractivity contribution >= 4 is 55.8 Å². The van der Waals surface area contributed by atoms with E-state index in [2.05, 4.69) is 0 Å². The number of hydrogen-bond donors (Lipinski definition) is 0. The van der Waals surface area contributed by atoms with Gasteiger partial charge in [-0.25, -0.2) is 18.4 Å². The highest BCUT2D eigenvalue weighted by Crippen LogP contribution is 2.42. The zero-order valence-corrected chi connectivity index (χ0v) is 28.9. The zero-order chi connectivity index (χ0) is 35.2. The van der Waals surface area contributed by atoms with E-state index in [1.54, 1.807) is 66.7 Å². The average Bonchev–Trinajstić information content (AvgIpc) is 3.55. The van der Waals surface area contributed by atoms with Crippen molar-refractivity contribution in [3.05, 3.63) is 150 Å². The van der Waals surface area contributed by atoms with Gasteiger partial charge in [0.2, 0.25) is 10.0 Å². The third-order valence-electron chi connectivity index (χ3n) is 9.19. The van der Waals surface area contributed by atoms with E-state index < -0.39 is 22.4 Å². The second-order valence-corrected chi connectivity index (χ2v) is 14.1. The smallest absolute Gasteiger partial charge is 0.247 e. The van der Waals surface area contributed by atoms with E-state index in [0.29, 0.717) is 33.9 Å². The van der Waals surface area contributed by atoms with Gasteiger partial charge in [0.05, 0.1) is 27.7 Å². The van der Waals surface area contributed by atoms with E-state index in [1.165, 1.54) is 18.2 Å². The van der Waals surface area contributed by atoms with Crippen LogP contribution in [0.5, 0.6) is 0 Å². The van der Waals surface area contributed by atoms with Crippen LogP contribution in [0.4, 0.5) is 22.7 Å². The van der Waals surface area contributed by atoms with Crippen LogP contribution in [-0.2, 0) is 10.0 Å². The molecule has 2 aliphatic heterocycles. The number of benzene rings is 5. The molecule has 7 rings (SSSR count). The highest BCUT2D eigenvalue weighted by Gasteiger charge is 2.51. The molecule has 0 spiro atoms. The van der Waals surface area contributed by atoms with Crippen LogP contribution in [-0.4, -0.2) is 62.1 Å². The minimum Gasteiger partial charge on any atom is -0.352 e. The lowest BCUT2D eigenvalue weighted by Gasteiger charge is -2.40. The predicted molar refractivity (Wildman–Crippen MR) is 198 cm³/mol. The molecule has 2 unspecified atom stereocenters. The van der Waals surface area contributed by atoms with Crippen LogP contribution >= 0.6 is 0 Å². The van der Waals surface area contributed by atoms with E-state index in [1.807, 2.05) is 84.6 Å². The van der Waals surface area contributed by atoms with E-state index in [-0.39, 0.29) is 16.5 Å². The maximum absolute atomic E-state index is 15.3. The van der Waals surface area contributed by atoms with Crippen molar-refractivity contribution in [3.8, 4) is 0 Å². The normalized spacial score (nSPS) is 18.5. The number of nitrogens with zero attached hydrogens (tertiary/aromatic N) is 5. The van der Waals surface area contributed by atoms with Gasteiger partial charge < -0.3 is 9.80 Å². The Morgan fingerprint density at radius 3 is 1.38 bits per heavy atom. The lowest BCUT2D eigenvalue weighted by atomic mass is 10.1. The summed E-state index contributed by atoms with van der Waals surface area (Å²) in [6.45, 7) is 2.98. The summed E-state index contributed by atoms with van der Waals surface area (Å²) >= 11 is 0. The Hall–Kier alpha value is -5.71. The van der Waals surface area contributed by atoms with Crippen molar-refractivity contribution in [1.29, 1.82) is 0 Å². The minimum atomic E-state index is -4.32. The van der Waals surface area contributed by atoms with Crippen LogP contribution in [0.3, 0.4) is 0 Å². The summed E-state index contributed by atoms with van der Waals surface area (Å²) in [7, 11) is -0.623. The molecule has 2 aliphatic rings. The average molecular weight is 682 g/mol. The zero-order valence-electron chi connectivity index (χ0n) is 28.1. The molecule has 0 amide bonds. The first kappa shape index (κ1) is 32.8.